The van der Waals surface area contributed by atoms with E-state index in [4.69, 9.17) is 34.0 Å². The third-order valence-electron chi connectivity index (χ3n) is 1.96. The van der Waals surface area contributed by atoms with E-state index < -0.39 is 0 Å². The van der Waals surface area contributed by atoms with Gasteiger partial charge in [-0.2, -0.15) is 0 Å². The Hall–Kier alpha value is -1.32. The first-order valence-corrected chi connectivity index (χ1v) is 5.11. The van der Waals surface area contributed by atoms with Crippen molar-refractivity contribution in [3.05, 3.63) is 47.2 Å². The standard InChI is InChI=1S/C11H8ClNOS/c12-8-3-1-2-7(6-8)9-4-5-10(14-9)11(13)15/h1-6H,(H2,13,15). The van der Waals surface area contributed by atoms with Gasteiger partial charge < -0.3 is 10.2 Å². The van der Waals surface area contributed by atoms with Crippen LogP contribution in [-0.4, -0.2) is 4.99 Å². The molecule has 2 nitrogen and oxygen atoms in total. The lowest BCUT2D eigenvalue weighted by atomic mass is 10.2. The van der Waals surface area contributed by atoms with Gasteiger partial charge in [0.05, 0.1) is 0 Å². The van der Waals surface area contributed by atoms with Gasteiger partial charge in [-0.3, -0.25) is 0 Å². The Morgan fingerprint density at radius 3 is 2.67 bits per heavy atom. The zero-order valence-corrected chi connectivity index (χ0v) is 9.31. The van der Waals surface area contributed by atoms with Crippen molar-refractivity contribution in [2.45, 2.75) is 0 Å². The number of rotatable bonds is 2. The van der Waals surface area contributed by atoms with E-state index in [2.05, 4.69) is 0 Å². The number of thiocarbonyl (C=S) groups is 1. The minimum Gasteiger partial charge on any atom is -0.454 e. The minimum atomic E-state index is 0.253. The van der Waals surface area contributed by atoms with Crippen LogP contribution < -0.4 is 5.73 Å². The SMILES string of the molecule is NC(=S)c1ccc(-c2cccc(Cl)c2)o1. The molecule has 0 aliphatic heterocycles. The molecule has 2 aromatic rings. The topological polar surface area (TPSA) is 39.2 Å². The molecule has 0 aliphatic rings. The second kappa shape index (κ2) is 4.04. The lowest BCUT2D eigenvalue weighted by molar-refractivity contribution is 0.573. The van der Waals surface area contributed by atoms with Gasteiger partial charge >= 0.3 is 0 Å². The van der Waals surface area contributed by atoms with Crippen molar-refractivity contribution in [1.82, 2.24) is 0 Å². The van der Waals surface area contributed by atoms with Crippen LogP contribution in [0.5, 0.6) is 0 Å². The Morgan fingerprint density at radius 1 is 1.27 bits per heavy atom. The molecule has 0 bridgehead atoms. The number of halogens is 1. The fraction of sp³-hybridized carbons (Fsp3) is 0. The highest BCUT2D eigenvalue weighted by Crippen LogP contribution is 2.24. The largest absolute Gasteiger partial charge is 0.454 e. The lowest BCUT2D eigenvalue weighted by Crippen LogP contribution is -2.07. The van der Waals surface area contributed by atoms with Crippen LogP contribution in [0.4, 0.5) is 0 Å². The van der Waals surface area contributed by atoms with Gasteiger partial charge in [-0.1, -0.05) is 36.0 Å². The van der Waals surface area contributed by atoms with Crippen LogP contribution in [0.1, 0.15) is 5.76 Å². The summed E-state index contributed by atoms with van der Waals surface area (Å²) in [5.74, 6) is 1.22. The van der Waals surface area contributed by atoms with Gasteiger partial charge in [-0.05, 0) is 24.3 Å². The molecule has 1 aromatic heterocycles. The molecule has 76 valence electrons. The van der Waals surface area contributed by atoms with Gasteiger partial charge in [0, 0.05) is 10.6 Å². The van der Waals surface area contributed by atoms with Crippen LogP contribution in [0, 0.1) is 0 Å². The number of benzene rings is 1. The maximum Gasteiger partial charge on any atom is 0.161 e. The van der Waals surface area contributed by atoms with Crippen LogP contribution in [-0.2, 0) is 0 Å². The molecule has 0 radical (unpaired) electrons. The first-order valence-electron chi connectivity index (χ1n) is 4.32. The predicted octanol–water partition coefficient (Wildman–Crippen LogP) is 3.23. The highest BCUT2D eigenvalue weighted by molar-refractivity contribution is 7.80. The quantitative estimate of drug-likeness (QED) is 0.815. The number of hydrogen-bond donors (Lipinski definition) is 1. The first-order chi connectivity index (χ1) is 7.16. The predicted molar refractivity (Wildman–Crippen MR) is 65.0 cm³/mol. The van der Waals surface area contributed by atoms with E-state index in [1.807, 2.05) is 30.3 Å². The van der Waals surface area contributed by atoms with Gasteiger partial charge in [-0.25, -0.2) is 0 Å². The Balaban J connectivity index is 2.41. The summed E-state index contributed by atoms with van der Waals surface area (Å²) in [6.45, 7) is 0. The molecule has 2 rings (SSSR count). The van der Waals surface area contributed by atoms with E-state index in [9.17, 15) is 0 Å². The zero-order valence-electron chi connectivity index (χ0n) is 7.74. The van der Waals surface area contributed by atoms with Crippen molar-refractivity contribution in [1.29, 1.82) is 0 Å². The van der Waals surface area contributed by atoms with Gasteiger partial charge in [-0.15, -0.1) is 0 Å². The number of hydrogen-bond acceptors (Lipinski definition) is 2. The monoisotopic (exact) mass is 237 g/mol. The van der Waals surface area contributed by atoms with Crippen molar-refractivity contribution >= 4 is 28.8 Å². The third kappa shape index (κ3) is 2.19. The summed E-state index contributed by atoms with van der Waals surface area (Å²) >= 11 is 10.7. The molecule has 0 saturated heterocycles. The van der Waals surface area contributed by atoms with Gasteiger partial charge in [0.2, 0.25) is 0 Å². The summed E-state index contributed by atoms with van der Waals surface area (Å²) in [6.07, 6.45) is 0. The van der Waals surface area contributed by atoms with E-state index in [0.29, 0.717) is 16.5 Å². The average Bonchev–Trinajstić information content (AvgIpc) is 2.66. The summed E-state index contributed by atoms with van der Waals surface area (Å²) in [6, 6.07) is 11.0. The molecule has 4 heteroatoms. The fourth-order valence-corrected chi connectivity index (χ4v) is 1.57. The third-order valence-corrected chi connectivity index (χ3v) is 2.39. The summed E-state index contributed by atoms with van der Waals surface area (Å²) in [5.41, 5.74) is 6.35. The van der Waals surface area contributed by atoms with Crippen molar-refractivity contribution < 1.29 is 4.42 Å². The summed E-state index contributed by atoms with van der Waals surface area (Å²) in [5, 5.41) is 0.667. The van der Waals surface area contributed by atoms with Crippen molar-refractivity contribution in [3.8, 4) is 11.3 Å². The fourth-order valence-electron chi connectivity index (χ4n) is 1.27. The molecule has 0 spiro atoms. The molecular weight excluding hydrogens is 230 g/mol. The van der Waals surface area contributed by atoms with Gasteiger partial charge in [0.1, 0.15) is 10.7 Å². The molecule has 15 heavy (non-hydrogen) atoms. The van der Waals surface area contributed by atoms with E-state index >= 15 is 0 Å². The molecule has 0 saturated carbocycles. The molecule has 0 aliphatic carbocycles. The normalized spacial score (nSPS) is 10.2. The van der Waals surface area contributed by atoms with E-state index in [1.54, 1.807) is 6.07 Å². The maximum atomic E-state index is 5.87. The summed E-state index contributed by atoms with van der Waals surface area (Å²) in [7, 11) is 0. The Morgan fingerprint density at radius 2 is 2.07 bits per heavy atom. The van der Waals surface area contributed by atoms with Gasteiger partial charge in [0.25, 0.3) is 0 Å². The molecule has 0 amide bonds. The lowest BCUT2D eigenvalue weighted by Gasteiger charge is -1.97. The average molecular weight is 238 g/mol. The molecular formula is C11H8ClNOS. The minimum absolute atomic E-state index is 0.253. The summed E-state index contributed by atoms with van der Waals surface area (Å²) < 4.78 is 5.46. The number of furan rings is 1. The molecule has 0 fully saturated rings. The number of nitrogens with two attached hydrogens (primary N) is 1. The highest BCUT2D eigenvalue weighted by atomic mass is 35.5. The maximum absolute atomic E-state index is 5.87. The molecule has 0 atom stereocenters. The summed E-state index contributed by atoms with van der Waals surface area (Å²) in [4.78, 5) is 0.253. The van der Waals surface area contributed by atoms with Crippen molar-refractivity contribution in [3.63, 3.8) is 0 Å². The molecule has 1 aromatic carbocycles. The van der Waals surface area contributed by atoms with E-state index in [1.165, 1.54) is 0 Å². The first kappa shape index (κ1) is 10.2. The Labute approximate surface area is 97.6 Å². The van der Waals surface area contributed by atoms with Crippen molar-refractivity contribution in [2.75, 3.05) is 0 Å². The van der Waals surface area contributed by atoms with Crippen LogP contribution in [0.2, 0.25) is 5.02 Å². The molecule has 1 heterocycles. The van der Waals surface area contributed by atoms with Crippen LogP contribution >= 0.6 is 23.8 Å². The molecule has 0 unspecified atom stereocenters. The smallest absolute Gasteiger partial charge is 0.161 e. The Kier molecular flexibility index (Phi) is 2.75. The van der Waals surface area contributed by atoms with Gasteiger partial charge in [0.15, 0.2) is 5.76 Å². The van der Waals surface area contributed by atoms with Crippen LogP contribution in [0.3, 0.4) is 0 Å². The second-order valence-corrected chi connectivity index (χ2v) is 3.91. The van der Waals surface area contributed by atoms with Crippen molar-refractivity contribution in [2.24, 2.45) is 5.73 Å². The molecule has 2 N–H and O–H groups in total. The second-order valence-electron chi connectivity index (χ2n) is 3.04. The van der Waals surface area contributed by atoms with E-state index in [0.717, 1.165) is 5.56 Å². The van der Waals surface area contributed by atoms with Crippen LogP contribution in [0.25, 0.3) is 11.3 Å². The van der Waals surface area contributed by atoms with Crippen LogP contribution in [0.15, 0.2) is 40.8 Å². The van der Waals surface area contributed by atoms with E-state index in [-0.39, 0.29) is 4.99 Å². The zero-order chi connectivity index (χ0) is 10.8. The Bertz CT molecular complexity index is 507. The highest BCUT2D eigenvalue weighted by Gasteiger charge is 2.06.